The number of nitrogens with one attached hydrogen (secondary N) is 1. The fourth-order valence-corrected chi connectivity index (χ4v) is 2.09. The average molecular weight is 243 g/mol. The van der Waals surface area contributed by atoms with Gasteiger partial charge in [-0.1, -0.05) is 43.7 Å². The summed E-state index contributed by atoms with van der Waals surface area (Å²) in [6, 6.07) is 12.9. The SMILES string of the molecule is CCNC(c1ccc(C)cc1)c1ccc(CC)o1. The summed E-state index contributed by atoms with van der Waals surface area (Å²) < 4.78 is 5.87. The molecule has 2 heteroatoms. The van der Waals surface area contributed by atoms with Crippen LogP contribution in [0.5, 0.6) is 0 Å². The number of benzene rings is 1. The van der Waals surface area contributed by atoms with Crippen LogP contribution in [0.4, 0.5) is 0 Å². The fraction of sp³-hybridized carbons (Fsp3) is 0.375. The Bertz CT molecular complexity index is 484. The van der Waals surface area contributed by atoms with Crippen LogP contribution in [-0.4, -0.2) is 6.54 Å². The normalized spacial score (nSPS) is 12.6. The maximum atomic E-state index is 5.87. The molecule has 1 aromatic heterocycles. The van der Waals surface area contributed by atoms with Crippen molar-refractivity contribution in [3.05, 3.63) is 59.0 Å². The molecule has 0 aliphatic heterocycles. The Hall–Kier alpha value is -1.54. The van der Waals surface area contributed by atoms with Crippen molar-refractivity contribution in [3.8, 4) is 0 Å². The van der Waals surface area contributed by atoms with Crippen LogP contribution in [0.2, 0.25) is 0 Å². The molecule has 1 aromatic carbocycles. The molecule has 0 amide bonds. The van der Waals surface area contributed by atoms with Crippen molar-refractivity contribution in [3.63, 3.8) is 0 Å². The number of hydrogen-bond donors (Lipinski definition) is 1. The quantitative estimate of drug-likeness (QED) is 0.863. The first-order chi connectivity index (χ1) is 8.74. The zero-order valence-corrected chi connectivity index (χ0v) is 11.4. The largest absolute Gasteiger partial charge is 0.464 e. The van der Waals surface area contributed by atoms with Gasteiger partial charge in [0.05, 0.1) is 6.04 Å². The summed E-state index contributed by atoms with van der Waals surface area (Å²) in [5.41, 5.74) is 2.53. The summed E-state index contributed by atoms with van der Waals surface area (Å²) in [4.78, 5) is 0. The summed E-state index contributed by atoms with van der Waals surface area (Å²) in [5, 5.41) is 3.48. The second-order valence-electron chi connectivity index (χ2n) is 4.56. The molecule has 0 aliphatic carbocycles. The Morgan fingerprint density at radius 2 is 1.78 bits per heavy atom. The van der Waals surface area contributed by atoms with Crippen molar-refractivity contribution in [2.75, 3.05) is 6.54 Å². The molecule has 2 aromatic rings. The van der Waals surface area contributed by atoms with E-state index in [0.29, 0.717) is 0 Å². The van der Waals surface area contributed by atoms with Crippen molar-refractivity contribution in [2.24, 2.45) is 0 Å². The molecular formula is C16H21NO. The summed E-state index contributed by atoms with van der Waals surface area (Å²) in [5.74, 6) is 2.04. The third-order valence-corrected chi connectivity index (χ3v) is 3.13. The minimum Gasteiger partial charge on any atom is -0.464 e. The van der Waals surface area contributed by atoms with Crippen molar-refractivity contribution < 1.29 is 4.42 Å². The molecule has 0 fully saturated rings. The van der Waals surface area contributed by atoms with E-state index in [0.717, 1.165) is 24.5 Å². The zero-order chi connectivity index (χ0) is 13.0. The van der Waals surface area contributed by atoms with Gasteiger partial charge in [-0.25, -0.2) is 0 Å². The van der Waals surface area contributed by atoms with Crippen molar-refractivity contribution in [1.29, 1.82) is 0 Å². The lowest BCUT2D eigenvalue weighted by atomic mass is 10.0. The van der Waals surface area contributed by atoms with E-state index in [1.54, 1.807) is 0 Å². The van der Waals surface area contributed by atoms with Crippen LogP contribution in [-0.2, 0) is 6.42 Å². The van der Waals surface area contributed by atoms with Gasteiger partial charge in [0.2, 0.25) is 0 Å². The van der Waals surface area contributed by atoms with Gasteiger partial charge in [-0.05, 0) is 31.2 Å². The molecular weight excluding hydrogens is 222 g/mol. The van der Waals surface area contributed by atoms with Crippen LogP contribution >= 0.6 is 0 Å². The molecule has 0 spiro atoms. The van der Waals surface area contributed by atoms with Crippen LogP contribution in [0.1, 0.15) is 42.5 Å². The predicted molar refractivity (Wildman–Crippen MR) is 74.8 cm³/mol. The lowest BCUT2D eigenvalue weighted by molar-refractivity contribution is 0.426. The van der Waals surface area contributed by atoms with Gasteiger partial charge in [-0.15, -0.1) is 0 Å². The fourth-order valence-electron chi connectivity index (χ4n) is 2.09. The molecule has 2 nitrogen and oxygen atoms in total. The van der Waals surface area contributed by atoms with Crippen molar-refractivity contribution in [1.82, 2.24) is 5.32 Å². The van der Waals surface area contributed by atoms with E-state index in [1.807, 2.05) is 0 Å². The molecule has 1 atom stereocenters. The van der Waals surface area contributed by atoms with Gasteiger partial charge in [0.1, 0.15) is 11.5 Å². The maximum absolute atomic E-state index is 5.87. The second kappa shape index (κ2) is 5.87. The molecule has 18 heavy (non-hydrogen) atoms. The van der Waals surface area contributed by atoms with Gasteiger partial charge in [-0.3, -0.25) is 0 Å². The highest BCUT2D eigenvalue weighted by Crippen LogP contribution is 2.24. The van der Waals surface area contributed by atoms with Crippen LogP contribution in [0.15, 0.2) is 40.8 Å². The minimum absolute atomic E-state index is 0.149. The number of furan rings is 1. The lowest BCUT2D eigenvalue weighted by Gasteiger charge is -2.16. The summed E-state index contributed by atoms with van der Waals surface area (Å²) in [6.45, 7) is 7.25. The molecule has 1 heterocycles. The molecule has 1 N–H and O–H groups in total. The van der Waals surface area contributed by atoms with E-state index in [4.69, 9.17) is 4.42 Å². The highest BCUT2D eigenvalue weighted by Gasteiger charge is 2.16. The Labute approximate surface area is 109 Å². The third-order valence-electron chi connectivity index (χ3n) is 3.13. The third kappa shape index (κ3) is 2.82. The minimum atomic E-state index is 0.149. The van der Waals surface area contributed by atoms with Gasteiger partial charge in [0.15, 0.2) is 0 Å². The highest BCUT2D eigenvalue weighted by molar-refractivity contribution is 5.30. The standard InChI is InChI=1S/C16H21NO/c1-4-14-10-11-15(18-14)16(17-5-2)13-8-6-12(3)7-9-13/h6-11,16-17H,4-5H2,1-3H3. The molecule has 96 valence electrons. The Balaban J connectivity index is 2.29. The zero-order valence-electron chi connectivity index (χ0n) is 11.4. The van der Waals surface area contributed by atoms with E-state index in [1.165, 1.54) is 11.1 Å². The van der Waals surface area contributed by atoms with E-state index in [9.17, 15) is 0 Å². The average Bonchev–Trinajstić information content (AvgIpc) is 2.86. The smallest absolute Gasteiger partial charge is 0.125 e. The van der Waals surface area contributed by atoms with E-state index in [-0.39, 0.29) is 6.04 Å². The number of rotatable bonds is 5. The number of hydrogen-bond acceptors (Lipinski definition) is 2. The first-order valence-electron chi connectivity index (χ1n) is 6.63. The van der Waals surface area contributed by atoms with Gasteiger partial charge >= 0.3 is 0 Å². The summed E-state index contributed by atoms with van der Waals surface area (Å²) in [6.07, 6.45) is 0.937. The van der Waals surface area contributed by atoms with Crippen LogP contribution in [0.3, 0.4) is 0 Å². The number of aryl methyl sites for hydroxylation is 2. The maximum Gasteiger partial charge on any atom is 0.125 e. The summed E-state index contributed by atoms with van der Waals surface area (Å²) in [7, 11) is 0. The van der Waals surface area contributed by atoms with Gasteiger partial charge in [-0.2, -0.15) is 0 Å². The topological polar surface area (TPSA) is 25.2 Å². The first-order valence-corrected chi connectivity index (χ1v) is 6.63. The van der Waals surface area contributed by atoms with Crippen LogP contribution in [0, 0.1) is 6.92 Å². The van der Waals surface area contributed by atoms with Crippen molar-refractivity contribution in [2.45, 2.75) is 33.2 Å². The van der Waals surface area contributed by atoms with Crippen molar-refractivity contribution >= 4 is 0 Å². The van der Waals surface area contributed by atoms with Gasteiger partial charge < -0.3 is 9.73 Å². The molecule has 0 saturated heterocycles. The van der Waals surface area contributed by atoms with Gasteiger partial charge in [0.25, 0.3) is 0 Å². The molecule has 0 saturated carbocycles. The lowest BCUT2D eigenvalue weighted by Crippen LogP contribution is -2.21. The molecule has 2 rings (SSSR count). The van der Waals surface area contributed by atoms with Crippen LogP contribution < -0.4 is 5.32 Å². The summed E-state index contributed by atoms with van der Waals surface area (Å²) >= 11 is 0. The first kappa shape index (κ1) is 12.9. The highest BCUT2D eigenvalue weighted by atomic mass is 16.3. The Morgan fingerprint density at radius 1 is 1.06 bits per heavy atom. The van der Waals surface area contributed by atoms with E-state index in [2.05, 4.69) is 62.5 Å². The second-order valence-corrected chi connectivity index (χ2v) is 4.56. The predicted octanol–water partition coefficient (Wildman–Crippen LogP) is 3.85. The molecule has 0 aliphatic rings. The van der Waals surface area contributed by atoms with Crippen LogP contribution in [0.25, 0.3) is 0 Å². The Kier molecular flexibility index (Phi) is 4.21. The van der Waals surface area contributed by atoms with Gasteiger partial charge in [0, 0.05) is 6.42 Å². The monoisotopic (exact) mass is 243 g/mol. The molecule has 1 unspecified atom stereocenters. The molecule has 0 bridgehead atoms. The van der Waals surface area contributed by atoms with E-state index < -0.39 is 0 Å². The van der Waals surface area contributed by atoms with E-state index >= 15 is 0 Å². The Morgan fingerprint density at radius 3 is 2.33 bits per heavy atom. The molecule has 0 radical (unpaired) electrons.